The number of likely N-dealkylation sites (N-methyl/N-ethyl adjacent to an activating group) is 1. The van der Waals surface area contributed by atoms with Gasteiger partial charge in [-0.3, -0.25) is 4.79 Å². The van der Waals surface area contributed by atoms with Crippen molar-refractivity contribution in [3.63, 3.8) is 0 Å². The van der Waals surface area contributed by atoms with E-state index in [0.717, 1.165) is 60.8 Å². The first kappa shape index (κ1) is 22.9. The predicted molar refractivity (Wildman–Crippen MR) is 128 cm³/mol. The van der Waals surface area contributed by atoms with E-state index in [2.05, 4.69) is 16.3 Å². The normalized spacial score (nSPS) is 15.9. The van der Waals surface area contributed by atoms with E-state index in [1.54, 1.807) is 24.4 Å². The second-order valence-corrected chi connectivity index (χ2v) is 9.87. The Labute approximate surface area is 193 Å². The van der Waals surface area contributed by atoms with E-state index in [1.807, 2.05) is 31.0 Å². The third kappa shape index (κ3) is 4.36. The van der Waals surface area contributed by atoms with Gasteiger partial charge in [0.25, 0.3) is 16.5 Å². The number of hydrogen-bond donors (Lipinski definition) is 2. The number of rotatable bonds is 3. The van der Waals surface area contributed by atoms with E-state index in [4.69, 9.17) is 14.6 Å². The van der Waals surface area contributed by atoms with Crippen molar-refractivity contribution in [2.45, 2.75) is 11.8 Å². The number of anilines is 2. The van der Waals surface area contributed by atoms with E-state index in [9.17, 15) is 8.42 Å². The van der Waals surface area contributed by atoms with Crippen molar-refractivity contribution in [3.05, 3.63) is 48.2 Å². The van der Waals surface area contributed by atoms with Gasteiger partial charge in [-0.15, -0.1) is 0 Å². The van der Waals surface area contributed by atoms with Crippen molar-refractivity contribution in [1.82, 2.24) is 9.29 Å². The van der Waals surface area contributed by atoms with E-state index in [-0.39, 0.29) is 11.4 Å². The van der Waals surface area contributed by atoms with Crippen LogP contribution in [0.1, 0.15) is 5.56 Å². The number of ether oxygens (including phenoxy) is 1. The maximum absolute atomic E-state index is 13.6. The molecular weight excluding hydrogens is 444 g/mol. The minimum absolute atomic E-state index is 0.250. The summed E-state index contributed by atoms with van der Waals surface area (Å²) in [6.45, 7) is 6.72. The molecule has 0 aliphatic carbocycles. The lowest BCUT2D eigenvalue weighted by Crippen LogP contribution is -2.43. The molecule has 33 heavy (non-hydrogen) atoms. The summed E-state index contributed by atoms with van der Waals surface area (Å²) in [6.07, 6.45) is 1.72. The minimum atomic E-state index is -3.75. The molecule has 1 saturated heterocycles. The molecule has 5 rings (SSSR count). The zero-order chi connectivity index (χ0) is 23.6. The Balaban J connectivity index is 0.000000821. The number of aromatic nitrogens is 1. The monoisotopic (exact) mass is 472 g/mol. The van der Waals surface area contributed by atoms with Crippen molar-refractivity contribution in [2.75, 3.05) is 56.2 Å². The number of piperazine rings is 1. The molecule has 2 aliphatic rings. The van der Waals surface area contributed by atoms with E-state index in [0.29, 0.717) is 12.1 Å². The van der Waals surface area contributed by atoms with Crippen molar-refractivity contribution in [3.8, 4) is 5.75 Å². The second-order valence-electron chi connectivity index (χ2n) is 8.06. The summed E-state index contributed by atoms with van der Waals surface area (Å²) >= 11 is 0. The third-order valence-electron chi connectivity index (χ3n) is 6.02. The Bertz CT molecular complexity index is 1270. The van der Waals surface area contributed by atoms with E-state index < -0.39 is 10.0 Å². The number of fused-ring (bicyclic) bond motifs is 2. The molecule has 0 saturated carbocycles. The Morgan fingerprint density at radius 2 is 1.82 bits per heavy atom. The lowest BCUT2D eigenvalue weighted by Gasteiger charge is -2.29. The molecule has 0 unspecified atom stereocenters. The van der Waals surface area contributed by atoms with Crippen LogP contribution in [-0.2, 0) is 14.8 Å². The lowest BCUT2D eigenvalue weighted by molar-refractivity contribution is -0.122. The number of carbonyl (C=O) groups is 1. The van der Waals surface area contributed by atoms with Gasteiger partial charge in [0.15, 0.2) is 0 Å². The summed E-state index contributed by atoms with van der Waals surface area (Å²) < 4.78 is 34.3. The summed E-state index contributed by atoms with van der Waals surface area (Å²) in [5.74, 6) is 0.720. The molecule has 0 atom stereocenters. The van der Waals surface area contributed by atoms with Crippen LogP contribution in [0.5, 0.6) is 5.75 Å². The predicted octanol–water partition coefficient (Wildman–Crippen LogP) is 2.13. The smallest absolute Gasteiger partial charge is 0.290 e. The van der Waals surface area contributed by atoms with E-state index in [1.165, 1.54) is 3.97 Å². The quantitative estimate of drug-likeness (QED) is 0.559. The van der Waals surface area contributed by atoms with Gasteiger partial charge in [0, 0.05) is 50.5 Å². The number of benzene rings is 2. The summed E-state index contributed by atoms with van der Waals surface area (Å²) in [6, 6.07) is 11.2. The van der Waals surface area contributed by atoms with Crippen LogP contribution >= 0.6 is 0 Å². The molecule has 0 bridgehead atoms. The van der Waals surface area contributed by atoms with Crippen molar-refractivity contribution in [1.29, 1.82) is 0 Å². The minimum Gasteiger partial charge on any atom is -0.490 e. The van der Waals surface area contributed by atoms with Crippen LogP contribution in [0.2, 0.25) is 0 Å². The van der Waals surface area contributed by atoms with Gasteiger partial charge in [-0.25, -0.2) is 12.4 Å². The molecule has 3 heterocycles. The molecule has 1 aromatic heterocycles. The average Bonchev–Trinajstić information content (AvgIpc) is 3.17. The molecule has 2 aromatic carbocycles. The molecule has 2 N–H and O–H groups in total. The highest BCUT2D eigenvalue weighted by atomic mass is 32.2. The van der Waals surface area contributed by atoms with Gasteiger partial charge in [0.1, 0.15) is 12.4 Å². The van der Waals surface area contributed by atoms with E-state index >= 15 is 0 Å². The molecule has 0 amide bonds. The second kappa shape index (κ2) is 9.32. The summed E-state index contributed by atoms with van der Waals surface area (Å²) in [5.41, 5.74) is 3.51. The van der Waals surface area contributed by atoms with Crippen molar-refractivity contribution in [2.24, 2.45) is 0 Å². The standard InChI is InChI=1S/C22H26N4O3S.CH2O2/c1-16-15-26(20-13-17(3-5-19(16)20)25-9-7-23-8-10-25)30(27,28)18-4-6-22-21(14-18)24(2)11-12-29-22;2-1-3/h3-6,13-15,23H,7-12H2,1-2H3;1H,(H,2,3). The van der Waals surface area contributed by atoms with Crippen LogP contribution in [0.15, 0.2) is 47.5 Å². The van der Waals surface area contributed by atoms with Crippen LogP contribution in [-0.4, -0.2) is 70.3 Å². The van der Waals surface area contributed by atoms with Crippen molar-refractivity contribution >= 4 is 38.8 Å². The summed E-state index contributed by atoms with van der Waals surface area (Å²) in [7, 11) is -1.79. The topological polar surface area (TPSA) is 104 Å². The van der Waals surface area contributed by atoms with Crippen LogP contribution in [0.4, 0.5) is 11.4 Å². The lowest BCUT2D eigenvalue weighted by atomic mass is 10.1. The first-order valence-corrected chi connectivity index (χ1v) is 12.2. The zero-order valence-corrected chi connectivity index (χ0v) is 19.5. The highest BCUT2D eigenvalue weighted by Gasteiger charge is 2.24. The van der Waals surface area contributed by atoms with Crippen molar-refractivity contribution < 1.29 is 23.1 Å². The third-order valence-corrected chi connectivity index (χ3v) is 7.69. The summed E-state index contributed by atoms with van der Waals surface area (Å²) in [5, 5.41) is 11.2. The zero-order valence-electron chi connectivity index (χ0n) is 18.7. The molecular formula is C23H28N4O5S. The van der Waals surface area contributed by atoms with Crippen LogP contribution < -0.4 is 19.9 Å². The van der Waals surface area contributed by atoms with Gasteiger partial charge in [-0.2, -0.15) is 0 Å². The fourth-order valence-electron chi connectivity index (χ4n) is 4.27. The van der Waals surface area contributed by atoms with Gasteiger partial charge < -0.3 is 25.0 Å². The largest absolute Gasteiger partial charge is 0.490 e. The number of carboxylic acid groups (broad SMARTS) is 1. The SMILES string of the molecule is Cc1cn(S(=O)(=O)c2ccc3c(c2)N(C)CCO3)c2cc(N3CCNCC3)ccc12.O=CO. The first-order valence-electron chi connectivity index (χ1n) is 10.8. The Kier molecular flexibility index (Phi) is 6.48. The van der Waals surface area contributed by atoms with Crippen LogP contribution in [0, 0.1) is 6.92 Å². The number of nitrogens with zero attached hydrogens (tertiary/aromatic N) is 3. The summed E-state index contributed by atoms with van der Waals surface area (Å²) in [4.78, 5) is 12.9. The maximum atomic E-state index is 13.6. The van der Waals surface area contributed by atoms with Gasteiger partial charge in [-0.05, 0) is 42.8 Å². The molecule has 9 nitrogen and oxygen atoms in total. The number of aryl methyl sites for hydroxylation is 1. The van der Waals surface area contributed by atoms with Crippen LogP contribution in [0.3, 0.4) is 0 Å². The maximum Gasteiger partial charge on any atom is 0.290 e. The number of hydrogen-bond acceptors (Lipinski definition) is 7. The highest BCUT2D eigenvalue weighted by Crippen LogP contribution is 2.35. The molecule has 1 fully saturated rings. The van der Waals surface area contributed by atoms with Gasteiger partial charge >= 0.3 is 0 Å². The van der Waals surface area contributed by atoms with Crippen LogP contribution in [0.25, 0.3) is 10.9 Å². The molecule has 176 valence electrons. The molecule has 3 aromatic rings. The molecule has 0 spiro atoms. The molecule has 0 radical (unpaired) electrons. The Morgan fingerprint density at radius 3 is 2.55 bits per heavy atom. The fourth-order valence-corrected chi connectivity index (χ4v) is 5.71. The Hall–Kier alpha value is -3.24. The van der Waals surface area contributed by atoms with Gasteiger partial charge in [-0.1, -0.05) is 6.07 Å². The van der Waals surface area contributed by atoms with Gasteiger partial charge in [0.2, 0.25) is 0 Å². The number of nitrogens with one attached hydrogen (secondary N) is 1. The fraction of sp³-hybridized carbons (Fsp3) is 0.348. The van der Waals surface area contributed by atoms with Gasteiger partial charge in [0.05, 0.1) is 22.6 Å². The Morgan fingerprint density at radius 1 is 1.09 bits per heavy atom. The molecule has 2 aliphatic heterocycles. The average molecular weight is 473 g/mol. The first-order chi connectivity index (χ1) is 15.9. The molecule has 10 heteroatoms. The highest BCUT2D eigenvalue weighted by molar-refractivity contribution is 7.90.